The summed E-state index contributed by atoms with van der Waals surface area (Å²) in [5.41, 5.74) is 1.60. The molecule has 12 nitrogen and oxygen atoms in total. The molecule has 0 radical (unpaired) electrons. The van der Waals surface area contributed by atoms with Gasteiger partial charge in [-0.1, -0.05) is 26.0 Å². The molecule has 2 N–H and O–H groups in total. The number of aromatic nitrogens is 1. The predicted octanol–water partition coefficient (Wildman–Crippen LogP) is 4.79. The standard InChI is InChI=1S/C31H38ClN3O9S2/c1-20(2)14-35(46(39)25-8-9-27-28(13-25)43-19-42-27)15-29(44-30(36)17-40-11-10-32)26(34-31(37)38)12-22-4-6-24(7-5-22)41-16-23-18-45-21(3)33-23/h4-9,13,18,20,26,29,34H,10-12,14-17,19H2,1-3H3,(H,37,38)/t26-,29?,46?/m0/s1. The summed E-state index contributed by atoms with van der Waals surface area (Å²) in [7, 11) is -1.71. The molecule has 0 saturated carbocycles. The number of carbonyl (C=O) groups is 2. The zero-order valence-corrected chi connectivity index (χ0v) is 28.2. The quantitative estimate of drug-likeness (QED) is 0.108. The van der Waals surface area contributed by atoms with E-state index < -0.39 is 35.2 Å². The van der Waals surface area contributed by atoms with E-state index in [9.17, 15) is 18.9 Å². The van der Waals surface area contributed by atoms with Gasteiger partial charge in [0.05, 0.1) is 34.8 Å². The SMILES string of the molecule is Cc1nc(COc2ccc(C[C@H](NC(=O)O)C(CN(CC(C)C)S(=O)c3ccc4c(c3)OCO4)OC(=O)COCCCl)cc2)cs1. The summed E-state index contributed by atoms with van der Waals surface area (Å²) < 4.78 is 43.4. The molecule has 2 aromatic carbocycles. The van der Waals surface area contributed by atoms with Crippen molar-refractivity contribution in [3.63, 3.8) is 0 Å². The summed E-state index contributed by atoms with van der Waals surface area (Å²) >= 11 is 7.23. The Morgan fingerprint density at radius 3 is 2.59 bits per heavy atom. The van der Waals surface area contributed by atoms with Gasteiger partial charge in [-0.05, 0) is 49.1 Å². The zero-order valence-electron chi connectivity index (χ0n) is 25.8. The van der Waals surface area contributed by atoms with Gasteiger partial charge in [-0.2, -0.15) is 0 Å². The van der Waals surface area contributed by atoms with Crippen molar-refractivity contribution in [1.29, 1.82) is 0 Å². The van der Waals surface area contributed by atoms with Crippen LogP contribution >= 0.6 is 22.9 Å². The van der Waals surface area contributed by atoms with Crippen LogP contribution in [0, 0.1) is 12.8 Å². The van der Waals surface area contributed by atoms with Crippen molar-refractivity contribution in [3.8, 4) is 17.2 Å². The average molecular weight is 696 g/mol. The zero-order chi connectivity index (χ0) is 33.1. The highest BCUT2D eigenvalue weighted by atomic mass is 35.5. The van der Waals surface area contributed by atoms with Crippen molar-refractivity contribution in [1.82, 2.24) is 14.6 Å². The van der Waals surface area contributed by atoms with Gasteiger partial charge in [0, 0.05) is 23.9 Å². The van der Waals surface area contributed by atoms with Gasteiger partial charge in [0.15, 0.2) is 11.5 Å². The van der Waals surface area contributed by atoms with E-state index in [1.54, 1.807) is 46.0 Å². The third-order valence-electron chi connectivity index (χ3n) is 6.65. The van der Waals surface area contributed by atoms with Crippen molar-refractivity contribution in [2.45, 2.75) is 50.8 Å². The normalized spacial score (nSPS) is 14.2. The van der Waals surface area contributed by atoms with Crippen LogP contribution in [0.25, 0.3) is 0 Å². The number of rotatable bonds is 18. The molecule has 0 aliphatic carbocycles. The first kappa shape index (κ1) is 35.4. The molecule has 2 unspecified atom stereocenters. The Labute approximate surface area is 279 Å². The van der Waals surface area contributed by atoms with E-state index in [0.717, 1.165) is 16.3 Å². The molecule has 0 saturated heterocycles. The van der Waals surface area contributed by atoms with E-state index in [-0.39, 0.29) is 44.8 Å². The Morgan fingerprint density at radius 1 is 1.15 bits per heavy atom. The van der Waals surface area contributed by atoms with Gasteiger partial charge in [0.25, 0.3) is 0 Å². The lowest BCUT2D eigenvalue weighted by atomic mass is 10.0. The molecule has 4 rings (SSSR count). The first-order chi connectivity index (χ1) is 22.1. The van der Waals surface area contributed by atoms with Crippen molar-refractivity contribution < 1.29 is 42.6 Å². The highest BCUT2D eigenvalue weighted by Gasteiger charge is 2.32. The van der Waals surface area contributed by atoms with Crippen LogP contribution in [0.15, 0.2) is 52.7 Å². The van der Waals surface area contributed by atoms with Crippen LogP contribution < -0.4 is 19.5 Å². The van der Waals surface area contributed by atoms with Crippen LogP contribution in [-0.2, 0) is 38.3 Å². The molecule has 3 atom stereocenters. The van der Waals surface area contributed by atoms with E-state index in [0.29, 0.717) is 35.3 Å². The van der Waals surface area contributed by atoms with E-state index in [4.69, 9.17) is 35.3 Å². The Morgan fingerprint density at radius 2 is 1.91 bits per heavy atom. The number of aryl methyl sites for hydroxylation is 1. The minimum absolute atomic E-state index is 0.0420. The Hall–Kier alpha value is -3.43. The van der Waals surface area contributed by atoms with Crippen LogP contribution in [0.4, 0.5) is 4.79 Å². The molecule has 1 aromatic heterocycles. The minimum atomic E-state index is -1.71. The van der Waals surface area contributed by atoms with E-state index >= 15 is 0 Å². The molecule has 1 aliphatic rings. The van der Waals surface area contributed by atoms with Crippen molar-refractivity contribution in [2.24, 2.45) is 5.92 Å². The van der Waals surface area contributed by atoms with Gasteiger partial charge < -0.3 is 34.1 Å². The van der Waals surface area contributed by atoms with Gasteiger partial charge >= 0.3 is 12.1 Å². The number of nitrogens with zero attached hydrogens (tertiary/aromatic N) is 2. The molecule has 1 amide bonds. The van der Waals surface area contributed by atoms with E-state index in [1.165, 1.54) is 0 Å². The minimum Gasteiger partial charge on any atom is -0.487 e. The summed E-state index contributed by atoms with van der Waals surface area (Å²) in [4.78, 5) is 29.7. The number of carboxylic acid groups (broad SMARTS) is 1. The number of alkyl halides is 1. The van der Waals surface area contributed by atoms with Crippen LogP contribution in [-0.4, -0.2) is 81.8 Å². The van der Waals surface area contributed by atoms with Crippen LogP contribution in [0.1, 0.15) is 30.1 Å². The average Bonchev–Trinajstić information content (AvgIpc) is 3.67. The van der Waals surface area contributed by atoms with Crippen LogP contribution in [0.5, 0.6) is 17.2 Å². The largest absolute Gasteiger partial charge is 0.487 e. The Bertz CT molecular complexity index is 1470. The summed E-state index contributed by atoms with van der Waals surface area (Å²) in [6.45, 7) is 6.36. The number of benzene rings is 2. The maximum atomic E-state index is 13.9. The molecule has 1 aliphatic heterocycles. The molecular weight excluding hydrogens is 658 g/mol. The van der Waals surface area contributed by atoms with Crippen molar-refractivity contribution >= 4 is 46.0 Å². The fourth-order valence-electron chi connectivity index (χ4n) is 4.65. The summed E-state index contributed by atoms with van der Waals surface area (Å²) in [5.74, 6) is 1.23. The smallest absolute Gasteiger partial charge is 0.405 e. The van der Waals surface area contributed by atoms with Gasteiger partial charge in [0.2, 0.25) is 6.79 Å². The third-order valence-corrected chi connectivity index (χ3v) is 9.05. The lowest BCUT2D eigenvalue weighted by Gasteiger charge is -2.32. The van der Waals surface area contributed by atoms with Crippen molar-refractivity contribution in [3.05, 3.63) is 64.1 Å². The molecule has 3 aromatic rings. The molecular formula is C31H38ClN3O9S2. The Balaban J connectivity index is 1.55. The molecule has 0 spiro atoms. The van der Waals surface area contributed by atoms with Gasteiger partial charge in [-0.15, -0.1) is 22.9 Å². The molecule has 46 heavy (non-hydrogen) atoms. The Kier molecular flexibility index (Phi) is 13.5. The summed E-state index contributed by atoms with van der Waals surface area (Å²) in [6, 6.07) is 11.3. The molecule has 0 fully saturated rings. The topological polar surface area (TPSA) is 146 Å². The third kappa shape index (κ3) is 10.8. The first-order valence-corrected chi connectivity index (χ1v) is 17.1. The molecule has 15 heteroatoms. The van der Waals surface area contributed by atoms with E-state index in [2.05, 4.69) is 10.3 Å². The number of carbonyl (C=O) groups excluding carboxylic acids is 1. The lowest BCUT2D eigenvalue weighted by molar-refractivity contribution is -0.156. The number of hydrogen-bond donors (Lipinski definition) is 2. The van der Waals surface area contributed by atoms with E-state index in [1.807, 2.05) is 38.3 Å². The lowest BCUT2D eigenvalue weighted by Crippen LogP contribution is -2.52. The number of fused-ring (bicyclic) bond motifs is 1. The number of nitrogens with one attached hydrogen (secondary N) is 1. The van der Waals surface area contributed by atoms with Crippen LogP contribution in [0.3, 0.4) is 0 Å². The maximum Gasteiger partial charge on any atom is 0.405 e. The number of esters is 1. The van der Waals surface area contributed by atoms with Gasteiger partial charge in [-0.25, -0.2) is 23.1 Å². The number of hydrogen-bond acceptors (Lipinski definition) is 10. The fourth-order valence-corrected chi connectivity index (χ4v) is 6.77. The fraction of sp³-hybridized carbons (Fsp3) is 0.452. The molecule has 0 bridgehead atoms. The second-order valence-electron chi connectivity index (χ2n) is 10.8. The highest BCUT2D eigenvalue weighted by Crippen LogP contribution is 2.34. The monoisotopic (exact) mass is 695 g/mol. The van der Waals surface area contributed by atoms with Gasteiger partial charge in [-0.3, -0.25) is 0 Å². The van der Waals surface area contributed by atoms with Gasteiger partial charge in [0.1, 0.15) is 36.1 Å². The second-order valence-corrected chi connectivity index (χ2v) is 13.8. The predicted molar refractivity (Wildman–Crippen MR) is 173 cm³/mol. The maximum absolute atomic E-state index is 13.9. The summed E-state index contributed by atoms with van der Waals surface area (Å²) in [5, 5.41) is 15.2. The first-order valence-electron chi connectivity index (χ1n) is 14.6. The summed E-state index contributed by atoms with van der Waals surface area (Å²) in [6.07, 6.45) is -2.16. The number of halogens is 1. The van der Waals surface area contributed by atoms with Crippen molar-refractivity contribution in [2.75, 3.05) is 39.0 Å². The number of amides is 1. The highest BCUT2D eigenvalue weighted by molar-refractivity contribution is 7.82. The molecule has 2 heterocycles. The molecule has 250 valence electrons. The second kappa shape index (κ2) is 17.5. The number of thiazole rings is 1. The van der Waals surface area contributed by atoms with Crippen LogP contribution in [0.2, 0.25) is 0 Å². The number of ether oxygens (including phenoxy) is 5.